The summed E-state index contributed by atoms with van der Waals surface area (Å²) in [6.45, 7) is 0. The summed E-state index contributed by atoms with van der Waals surface area (Å²) in [5.41, 5.74) is 6.86. The van der Waals surface area contributed by atoms with Crippen LogP contribution in [-0.4, -0.2) is 5.84 Å². The summed E-state index contributed by atoms with van der Waals surface area (Å²) in [5, 5.41) is 8.29. The molecule has 0 atom stereocenters. The molecular weight excluding hydrogens is 287 g/mol. The van der Waals surface area contributed by atoms with Crippen LogP contribution in [-0.2, 0) is 5.41 Å². The van der Waals surface area contributed by atoms with Crippen LogP contribution in [0.5, 0.6) is 0 Å². The number of halogens is 2. The fourth-order valence-corrected chi connectivity index (χ4v) is 5.72. The smallest absolute Gasteiger partial charge is 0.123 e. The van der Waals surface area contributed by atoms with Crippen molar-refractivity contribution in [3.8, 4) is 0 Å². The normalized spacial score (nSPS) is 39.9. The zero-order valence-corrected chi connectivity index (χ0v) is 12.8. The monoisotopic (exact) mass is 308 g/mol. The fourth-order valence-electron chi connectivity index (χ4n) is 5.72. The van der Waals surface area contributed by atoms with Crippen molar-refractivity contribution in [2.75, 3.05) is 0 Å². The minimum absolute atomic E-state index is 0. The summed E-state index contributed by atoms with van der Waals surface area (Å²) in [6.07, 6.45) is 6.17. The molecule has 4 heteroatoms. The average molecular weight is 309 g/mol. The van der Waals surface area contributed by atoms with Gasteiger partial charge in [0.25, 0.3) is 0 Å². The van der Waals surface area contributed by atoms with E-state index in [9.17, 15) is 4.39 Å². The summed E-state index contributed by atoms with van der Waals surface area (Å²) >= 11 is 0. The molecule has 2 nitrogen and oxygen atoms in total. The number of hydrogen-bond acceptors (Lipinski definition) is 1. The number of nitrogens with one attached hydrogen (secondary N) is 1. The van der Waals surface area contributed by atoms with Gasteiger partial charge in [-0.15, -0.1) is 12.4 Å². The van der Waals surface area contributed by atoms with Gasteiger partial charge in [-0.05, 0) is 73.5 Å². The Labute approximate surface area is 131 Å². The van der Waals surface area contributed by atoms with Crippen molar-refractivity contribution in [1.82, 2.24) is 0 Å². The molecule has 21 heavy (non-hydrogen) atoms. The van der Waals surface area contributed by atoms with Gasteiger partial charge in [0, 0.05) is 0 Å². The van der Waals surface area contributed by atoms with Gasteiger partial charge < -0.3 is 5.73 Å². The molecule has 5 rings (SSSR count). The third-order valence-electron chi connectivity index (χ3n) is 6.19. The highest BCUT2D eigenvalue weighted by Crippen LogP contribution is 2.62. The van der Waals surface area contributed by atoms with Crippen molar-refractivity contribution in [3.05, 3.63) is 35.6 Å². The van der Waals surface area contributed by atoms with Crippen molar-refractivity contribution in [2.45, 2.75) is 37.5 Å². The number of hydrogen-bond donors (Lipinski definition) is 2. The summed E-state index contributed by atoms with van der Waals surface area (Å²) < 4.78 is 13.3. The van der Waals surface area contributed by atoms with Crippen LogP contribution in [0.1, 0.15) is 37.7 Å². The number of benzene rings is 1. The minimum Gasteiger partial charge on any atom is -0.387 e. The van der Waals surface area contributed by atoms with Crippen LogP contribution in [0, 0.1) is 34.9 Å². The van der Waals surface area contributed by atoms with E-state index in [4.69, 9.17) is 11.1 Å². The predicted molar refractivity (Wildman–Crippen MR) is 84.3 cm³/mol. The molecule has 1 aromatic rings. The van der Waals surface area contributed by atoms with Crippen LogP contribution in [0.25, 0.3) is 0 Å². The van der Waals surface area contributed by atoms with Crippen LogP contribution in [0.3, 0.4) is 0 Å². The van der Waals surface area contributed by atoms with Gasteiger partial charge in [-0.3, -0.25) is 5.41 Å². The summed E-state index contributed by atoms with van der Waals surface area (Å²) in [4.78, 5) is 0. The number of rotatable bonds is 2. The lowest BCUT2D eigenvalue weighted by Gasteiger charge is -2.61. The summed E-state index contributed by atoms with van der Waals surface area (Å²) in [6, 6.07) is 6.76. The second kappa shape index (κ2) is 4.98. The molecule has 0 heterocycles. The SMILES string of the molecule is Cl.N=C(N)C1(c2ccc(F)cc2)C2CC3CC(C2)CC1C3. The van der Waals surface area contributed by atoms with Gasteiger partial charge >= 0.3 is 0 Å². The van der Waals surface area contributed by atoms with Gasteiger partial charge in [-0.1, -0.05) is 12.1 Å². The van der Waals surface area contributed by atoms with Crippen molar-refractivity contribution in [2.24, 2.45) is 29.4 Å². The first-order valence-corrected chi connectivity index (χ1v) is 7.71. The molecule has 0 aromatic heterocycles. The molecule has 0 saturated heterocycles. The maximum absolute atomic E-state index is 13.3. The highest BCUT2D eigenvalue weighted by atomic mass is 35.5. The van der Waals surface area contributed by atoms with Gasteiger partial charge in [-0.2, -0.15) is 0 Å². The Morgan fingerprint density at radius 2 is 1.48 bits per heavy atom. The Morgan fingerprint density at radius 3 is 1.90 bits per heavy atom. The number of amidine groups is 1. The Morgan fingerprint density at radius 1 is 1.00 bits per heavy atom. The van der Waals surface area contributed by atoms with Gasteiger partial charge in [-0.25, -0.2) is 4.39 Å². The van der Waals surface area contributed by atoms with E-state index in [1.54, 1.807) is 0 Å². The summed E-state index contributed by atoms with van der Waals surface area (Å²) in [7, 11) is 0. The molecule has 0 radical (unpaired) electrons. The first kappa shape index (κ1) is 14.8. The van der Waals surface area contributed by atoms with E-state index >= 15 is 0 Å². The highest BCUT2D eigenvalue weighted by Gasteiger charge is 2.59. The van der Waals surface area contributed by atoms with Crippen LogP contribution in [0.15, 0.2) is 24.3 Å². The van der Waals surface area contributed by atoms with E-state index in [0.29, 0.717) is 17.7 Å². The van der Waals surface area contributed by atoms with Crippen LogP contribution >= 0.6 is 12.4 Å². The van der Waals surface area contributed by atoms with Crippen LogP contribution in [0.2, 0.25) is 0 Å². The van der Waals surface area contributed by atoms with Gasteiger partial charge in [0.1, 0.15) is 11.7 Å². The predicted octanol–water partition coefficient (Wildman–Crippen LogP) is 3.88. The van der Waals surface area contributed by atoms with Gasteiger partial charge in [0.15, 0.2) is 0 Å². The van der Waals surface area contributed by atoms with Crippen LogP contribution in [0.4, 0.5) is 4.39 Å². The maximum Gasteiger partial charge on any atom is 0.123 e. The van der Waals surface area contributed by atoms with Crippen molar-refractivity contribution >= 4 is 18.2 Å². The number of nitrogens with two attached hydrogens (primary N) is 1. The quantitative estimate of drug-likeness (QED) is 0.632. The molecule has 0 amide bonds. The zero-order chi connectivity index (χ0) is 13.9. The van der Waals surface area contributed by atoms with E-state index in [-0.39, 0.29) is 23.6 Å². The zero-order valence-electron chi connectivity index (χ0n) is 12.0. The lowest BCUT2D eigenvalue weighted by molar-refractivity contribution is -0.0300. The van der Waals surface area contributed by atoms with Crippen molar-refractivity contribution < 1.29 is 4.39 Å². The molecule has 4 aliphatic rings. The second-order valence-corrected chi connectivity index (χ2v) is 7.09. The third-order valence-corrected chi connectivity index (χ3v) is 6.19. The molecule has 4 bridgehead atoms. The molecule has 0 unspecified atom stereocenters. The Hall–Kier alpha value is -1.09. The second-order valence-electron chi connectivity index (χ2n) is 7.09. The third kappa shape index (κ3) is 1.93. The molecule has 3 N–H and O–H groups in total. The molecule has 1 aromatic carbocycles. The van der Waals surface area contributed by atoms with Gasteiger partial charge in [0.05, 0.1) is 5.41 Å². The Bertz CT molecular complexity index is 526. The Balaban J connectivity index is 0.00000132. The van der Waals surface area contributed by atoms with E-state index in [1.807, 2.05) is 12.1 Å². The van der Waals surface area contributed by atoms with E-state index in [1.165, 1.54) is 44.2 Å². The fraction of sp³-hybridized carbons (Fsp3) is 0.588. The van der Waals surface area contributed by atoms with E-state index in [0.717, 1.165) is 17.4 Å². The molecule has 4 aliphatic carbocycles. The minimum atomic E-state index is -0.318. The molecular formula is C17H22ClFN2. The highest BCUT2D eigenvalue weighted by molar-refractivity contribution is 5.90. The van der Waals surface area contributed by atoms with E-state index in [2.05, 4.69) is 0 Å². The van der Waals surface area contributed by atoms with Crippen molar-refractivity contribution in [3.63, 3.8) is 0 Å². The topological polar surface area (TPSA) is 49.9 Å². The first-order valence-electron chi connectivity index (χ1n) is 7.71. The molecule has 0 aliphatic heterocycles. The van der Waals surface area contributed by atoms with Crippen molar-refractivity contribution in [1.29, 1.82) is 5.41 Å². The Kier molecular flexibility index (Phi) is 3.52. The molecule has 0 spiro atoms. The molecule has 114 valence electrons. The van der Waals surface area contributed by atoms with Gasteiger partial charge in [0.2, 0.25) is 0 Å². The lowest BCUT2D eigenvalue weighted by atomic mass is 9.43. The first-order chi connectivity index (χ1) is 9.60. The largest absolute Gasteiger partial charge is 0.387 e. The summed E-state index contributed by atoms with van der Waals surface area (Å²) in [5.74, 6) is 2.74. The molecule has 4 fully saturated rings. The average Bonchev–Trinajstić information content (AvgIpc) is 2.39. The molecule has 4 saturated carbocycles. The standard InChI is InChI=1S/C17H21FN2.ClH/c18-15-3-1-12(2-4-15)17(16(19)20)13-6-10-5-11(8-13)9-14(17)7-10;/h1-4,10-11,13-14H,5-9H2,(H3,19,20);1H. The van der Waals surface area contributed by atoms with Crippen LogP contribution < -0.4 is 5.73 Å². The lowest BCUT2D eigenvalue weighted by Crippen LogP contribution is -2.61. The maximum atomic E-state index is 13.3. The van der Waals surface area contributed by atoms with E-state index < -0.39 is 0 Å².